The Balaban J connectivity index is 2.52. The van der Waals surface area contributed by atoms with Crippen LogP contribution in [0.5, 0.6) is 0 Å². The number of allylic oxidation sites excluding steroid dienone is 8. The van der Waals surface area contributed by atoms with Gasteiger partial charge < -0.3 is 34.3 Å². The fourth-order valence-corrected chi connectivity index (χ4v) is 6.61. The normalized spacial score (nSPS) is 21.3. The third-order valence-corrected chi connectivity index (χ3v) is 9.89. The van der Waals surface area contributed by atoms with E-state index >= 15 is 0 Å². The highest BCUT2D eigenvalue weighted by atomic mass is 32.2. The van der Waals surface area contributed by atoms with Crippen LogP contribution >= 0.6 is 0 Å². The smallest absolute Gasteiger partial charge is 0.306 e. The lowest BCUT2D eigenvalue weighted by atomic mass is 10.00. The van der Waals surface area contributed by atoms with Crippen LogP contribution in [0.15, 0.2) is 48.6 Å². The molecule has 1 rings (SSSR count). The lowest BCUT2D eigenvalue weighted by molar-refractivity contribution is -0.297. The summed E-state index contributed by atoms with van der Waals surface area (Å²) in [5.41, 5.74) is 0. The van der Waals surface area contributed by atoms with Gasteiger partial charge in [0.05, 0.1) is 6.61 Å². The first-order valence-corrected chi connectivity index (χ1v) is 22.3. The standard InChI is InChI=1S/C42H72O12S/c1-3-5-7-9-11-13-15-17-19-20-22-24-26-28-30-37(43)51-32-35(33-52-42-41(47)40(46)39(45)36(54-42)34-55(48,49)50)53-38(44)31-29-27-25-23-21-18-16-14-12-10-8-6-4-2/h6,8,12,14-15,17-18,21,35-36,39-42,45-47H,3-5,7,9-11,13,16,19-20,22-34H2,1-2H3,(H,48,49,50)/b8-6-,14-12-,17-15-,21-18-. The van der Waals surface area contributed by atoms with Crippen molar-refractivity contribution in [2.45, 2.75) is 185 Å². The van der Waals surface area contributed by atoms with E-state index in [9.17, 15) is 37.9 Å². The second kappa shape index (κ2) is 32.7. The molecule has 0 aromatic carbocycles. The summed E-state index contributed by atoms with van der Waals surface area (Å²) in [6.07, 6.45) is 27.4. The average Bonchev–Trinajstić information content (AvgIpc) is 3.14. The molecule has 0 bridgehead atoms. The molecule has 4 N–H and O–H groups in total. The van der Waals surface area contributed by atoms with Gasteiger partial charge in [-0.2, -0.15) is 8.42 Å². The number of esters is 2. The van der Waals surface area contributed by atoms with Gasteiger partial charge in [0.2, 0.25) is 0 Å². The van der Waals surface area contributed by atoms with Crippen molar-refractivity contribution >= 4 is 22.1 Å². The maximum Gasteiger partial charge on any atom is 0.306 e. The van der Waals surface area contributed by atoms with Gasteiger partial charge in [0.15, 0.2) is 12.4 Å². The maximum atomic E-state index is 12.7. The molecule has 0 aromatic heterocycles. The zero-order valence-corrected chi connectivity index (χ0v) is 34.3. The summed E-state index contributed by atoms with van der Waals surface area (Å²) in [6, 6.07) is 0. The van der Waals surface area contributed by atoms with Crippen LogP contribution in [0.1, 0.15) is 149 Å². The molecule has 1 aliphatic heterocycles. The molecule has 1 fully saturated rings. The molecule has 6 unspecified atom stereocenters. The van der Waals surface area contributed by atoms with Crippen LogP contribution in [0.4, 0.5) is 0 Å². The predicted octanol–water partition coefficient (Wildman–Crippen LogP) is 7.61. The predicted molar refractivity (Wildman–Crippen MR) is 215 cm³/mol. The molecule has 0 amide bonds. The van der Waals surface area contributed by atoms with E-state index in [-0.39, 0.29) is 19.4 Å². The van der Waals surface area contributed by atoms with Crippen LogP contribution in [0.2, 0.25) is 0 Å². The van der Waals surface area contributed by atoms with Crippen molar-refractivity contribution in [2.75, 3.05) is 19.0 Å². The molecule has 1 aliphatic rings. The van der Waals surface area contributed by atoms with Gasteiger partial charge >= 0.3 is 11.9 Å². The zero-order valence-electron chi connectivity index (χ0n) is 33.5. The molecule has 13 heteroatoms. The number of aliphatic hydroxyl groups excluding tert-OH is 3. The van der Waals surface area contributed by atoms with Crippen LogP contribution in [0, 0.1) is 0 Å². The molecule has 0 aliphatic carbocycles. The van der Waals surface area contributed by atoms with Crippen LogP contribution in [0.3, 0.4) is 0 Å². The van der Waals surface area contributed by atoms with Gasteiger partial charge in [-0.1, -0.05) is 114 Å². The van der Waals surface area contributed by atoms with Crippen LogP contribution in [-0.4, -0.2) is 96.0 Å². The Morgan fingerprint density at radius 2 is 1.15 bits per heavy atom. The summed E-state index contributed by atoms with van der Waals surface area (Å²) in [6.45, 7) is 3.58. The average molecular weight is 801 g/mol. The van der Waals surface area contributed by atoms with Crippen molar-refractivity contribution < 1.29 is 56.8 Å². The highest BCUT2D eigenvalue weighted by molar-refractivity contribution is 7.85. The Morgan fingerprint density at radius 3 is 1.75 bits per heavy atom. The minimum atomic E-state index is -4.60. The van der Waals surface area contributed by atoms with E-state index in [1.54, 1.807) is 0 Å². The van der Waals surface area contributed by atoms with E-state index in [4.69, 9.17) is 18.9 Å². The van der Waals surface area contributed by atoms with E-state index in [0.717, 1.165) is 77.0 Å². The summed E-state index contributed by atoms with van der Waals surface area (Å²) in [7, 11) is -4.60. The molecule has 0 spiro atoms. The van der Waals surface area contributed by atoms with Gasteiger partial charge in [0.1, 0.15) is 36.8 Å². The minimum absolute atomic E-state index is 0.126. The van der Waals surface area contributed by atoms with Gasteiger partial charge in [0.25, 0.3) is 10.1 Å². The van der Waals surface area contributed by atoms with E-state index in [1.807, 2.05) is 0 Å². The second-order valence-electron chi connectivity index (χ2n) is 14.3. The number of unbranched alkanes of at least 4 members (excludes halogenated alkanes) is 13. The fraction of sp³-hybridized carbons (Fsp3) is 0.762. The number of ether oxygens (including phenoxy) is 4. The first-order valence-electron chi connectivity index (χ1n) is 20.7. The van der Waals surface area contributed by atoms with Crippen LogP contribution < -0.4 is 0 Å². The molecule has 318 valence electrons. The first-order chi connectivity index (χ1) is 26.5. The van der Waals surface area contributed by atoms with Gasteiger partial charge in [-0.05, 0) is 70.6 Å². The summed E-state index contributed by atoms with van der Waals surface area (Å²) in [5.74, 6) is -2.04. The zero-order chi connectivity index (χ0) is 40.6. The van der Waals surface area contributed by atoms with E-state index in [0.29, 0.717) is 12.8 Å². The van der Waals surface area contributed by atoms with Gasteiger partial charge in [-0.3, -0.25) is 14.1 Å². The molecule has 0 aromatic rings. The Morgan fingerprint density at radius 1 is 0.636 bits per heavy atom. The Labute approximate surface area is 331 Å². The van der Waals surface area contributed by atoms with E-state index in [1.165, 1.54) is 32.1 Å². The minimum Gasteiger partial charge on any atom is -0.462 e. The lowest BCUT2D eigenvalue weighted by Gasteiger charge is -2.40. The van der Waals surface area contributed by atoms with E-state index < -0.39 is 71.2 Å². The van der Waals surface area contributed by atoms with Crippen molar-refractivity contribution in [3.05, 3.63) is 48.6 Å². The molecular weight excluding hydrogens is 729 g/mol. The topological polar surface area (TPSA) is 186 Å². The Hall–Kier alpha value is -2.39. The monoisotopic (exact) mass is 800 g/mol. The number of rotatable bonds is 33. The summed E-state index contributed by atoms with van der Waals surface area (Å²) in [4.78, 5) is 25.3. The SMILES string of the molecule is CC/C=C\C/C=C\C/C=C\CCCCCC(=O)OC(COC(=O)CCCCCCC/C=C\CCCCCCC)COC1OC(CS(=O)(=O)O)C(O)C(O)C1O. The molecule has 0 saturated carbocycles. The molecule has 12 nitrogen and oxygen atoms in total. The van der Waals surface area contributed by atoms with Crippen molar-refractivity contribution in [3.8, 4) is 0 Å². The number of aliphatic hydroxyl groups is 3. The first kappa shape index (κ1) is 50.6. The molecular formula is C42H72O12S. The summed E-state index contributed by atoms with van der Waals surface area (Å²) in [5, 5.41) is 30.8. The number of hydrogen-bond acceptors (Lipinski definition) is 11. The second-order valence-corrected chi connectivity index (χ2v) is 15.8. The van der Waals surface area contributed by atoms with Crippen molar-refractivity contribution in [1.82, 2.24) is 0 Å². The maximum absolute atomic E-state index is 12.7. The molecule has 6 atom stereocenters. The lowest BCUT2D eigenvalue weighted by Crippen LogP contribution is -2.60. The van der Waals surface area contributed by atoms with Gasteiger partial charge in [-0.15, -0.1) is 0 Å². The van der Waals surface area contributed by atoms with Crippen molar-refractivity contribution in [2.24, 2.45) is 0 Å². The van der Waals surface area contributed by atoms with Gasteiger partial charge in [0, 0.05) is 12.8 Å². The van der Waals surface area contributed by atoms with Crippen LogP contribution in [-0.2, 0) is 38.7 Å². The van der Waals surface area contributed by atoms with Crippen molar-refractivity contribution in [1.29, 1.82) is 0 Å². The molecule has 1 saturated heterocycles. The molecule has 1 heterocycles. The molecule has 0 radical (unpaired) electrons. The number of hydrogen-bond donors (Lipinski definition) is 4. The Kier molecular flexibility index (Phi) is 30.1. The summed E-state index contributed by atoms with van der Waals surface area (Å²) < 4.78 is 53.9. The van der Waals surface area contributed by atoms with E-state index in [2.05, 4.69) is 62.5 Å². The molecule has 55 heavy (non-hydrogen) atoms. The highest BCUT2D eigenvalue weighted by Crippen LogP contribution is 2.24. The number of carbonyl (C=O) groups excluding carboxylic acids is 2. The Bertz CT molecular complexity index is 1210. The third kappa shape index (κ3) is 27.8. The van der Waals surface area contributed by atoms with Gasteiger partial charge in [-0.25, -0.2) is 0 Å². The summed E-state index contributed by atoms with van der Waals surface area (Å²) >= 11 is 0. The third-order valence-electron chi connectivity index (χ3n) is 9.14. The van der Waals surface area contributed by atoms with Crippen LogP contribution in [0.25, 0.3) is 0 Å². The quantitative estimate of drug-likeness (QED) is 0.0221. The van der Waals surface area contributed by atoms with Crippen molar-refractivity contribution in [3.63, 3.8) is 0 Å². The highest BCUT2D eigenvalue weighted by Gasteiger charge is 2.46. The largest absolute Gasteiger partial charge is 0.462 e. The fourth-order valence-electron chi connectivity index (χ4n) is 5.92. The number of carbonyl (C=O) groups is 2.